The Balaban J connectivity index is 2.67. The molecule has 5 heteroatoms. The average molecular weight is 320 g/mol. The Morgan fingerprint density at radius 1 is 1.47 bits per heavy atom. The Hall–Kier alpha value is -0.390. The number of rotatable bonds is 3. The predicted octanol–water partition coefficient (Wildman–Crippen LogP) is 3.66. The van der Waals surface area contributed by atoms with Crippen molar-refractivity contribution in [2.45, 2.75) is 31.9 Å². The van der Waals surface area contributed by atoms with Crippen LogP contribution in [0.5, 0.6) is 0 Å². The van der Waals surface area contributed by atoms with Gasteiger partial charge in [0.15, 0.2) is 0 Å². The van der Waals surface area contributed by atoms with Gasteiger partial charge in [0.2, 0.25) is 0 Å². The molecule has 0 aliphatic heterocycles. The van der Waals surface area contributed by atoms with Gasteiger partial charge in [0.25, 0.3) is 0 Å². The first kappa shape index (κ1) is 14.7. The Labute approximate surface area is 113 Å². The molecule has 1 aromatic carbocycles. The van der Waals surface area contributed by atoms with Crippen LogP contribution in [0.25, 0.3) is 0 Å². The first-order chi connectivity index (χ1) is 7.80. The van der Waals surface area contributed by atoms with Crippen LogP contribution >= 0.6 is 15.9 Å². The van der Waals surface area contributed by atoms with Gasteiger partial charge in [-0.05, 0) is 44.5 Å². The maximum absolute atomic E-state index is 13.4. The van der Waals surface area contributed by atoms with Gasteiger partial charge in [0.1, 0.15) is 21.9 Å². The first-order valence-electron chi connectivity index (χ1n) is 5.19. The molecule has 0 bridgehead atoms. The van der Waals surface area contributed by atoms with Gasteiger partial charge in [0.05, 0.1) is 6.21 Å². The molecule has 0 heterocycles. The van der Waals surface area contributed by atoms with E-state index in [2.05, 4.69) is 20.3 Å². The second kappa shape index (κ2) is 5.98. The molecule has 1 aromatic rings. The quantitative estimate of drug-likeness (QED) is 0.618. The van der Waals surface area contributed by atoms with Gasteiger partial charge < -0.3 is 4.55 Å². The molecule has 17 heavy (non-hydrogen) atoms. The van der Waals surface area contributed by atoms with Gasteiger partial charge in [0, 0.05) is 10.9 Å². The van der Waals surface area contributed by atoms with Gasteiger partial charge >= 0.3 is 0 Å². The third-order valence-corrected chi connectivity index (χ3v) is 3.89. The van der Waals surface area contributed by atoms with E-state index in [1.54, 1.807) is 12.1 Å². The lowest BCUT2D eigenvalue weighted by atomic mass is 10.1. The SMILES string of the molecule is CC(C)(C)[S@@+]([O-])/N=C/Cc1cc(Br)ccc1F. The fourth-order valence-corrected chi connectivity index (χ4v) is 2.00. The lowest BCUT2D eigenvalue weighted by Gasteiger charge is -2.17. The molecular weight excluding hydrogens is 305 g/mol. The minimum atomic E-state index is -1.29. The highest BCUT2D eigenvalue weighted by Gasteiger charge is 2.25. The van der Waals surface area contributed by atoms with Crippen LogP contribution in [0, 0.1) is 5.82 Å². The summed E-state index contributed by atoms with van der Waals surface area (Å²) < 4.78 is 29.3. The molecule has 0 radical (unpaired) electrons. The second-order valence-corrected chi connectivity index (χ2v) is 7.44. The molecule has 94 valence electrons. The molecular formula is C12H15BrFNOS. The lowest BCUT2D eigenvalue weighted by molar-refractivity contribution is 0.561. The number of benzene rings is 1. The number of halogens is 2. The Kier molecular flexibility index (Phi) is 5.16. The van der Waals surface area contributed by atoms with E-state index in [9.17, 15) is 8.94 Å². The van der Waals surface area contributed by atoms with Crippen LogP contribution in [0.2, 0.25) is 0 Å². The summed E-state index contributed by atoms with van der Waals surface area (Å²) in [4.78, 5) is 0. The van der Waals surface area contributed by atoms with E-state index in [0.717, 1.165) is 4.47 Å². The summed E-state index contributed by atoms with van der Waals surface area (Å²) in [6, 6.07) is 4.73. The van der Waals surface area contributed by atoms with Crippen LogP contribution in [-0.2, 0) is 17.8 Å². The molecule has 0 unspecified atom stereocenters. The fourth-order valence-electron chi connectivity index (χ4n) is 1.06. The van der Waals surface area contributed by atoms with Gasteiger partial charge in [-0.1, -0.05) is 20.3 Å². The number of hydrogen-bond acceptors (Lipinski definition) is 2. The van der Waals surface area contributed by atoms with Crippen molar-refractivity contribution in [2.75, 3.05) is 0 Å². The zero-order valence-corrected chi connectivity index (χ0v) is 12.4. The summed E-state index contributed by atoms with van der Waals surface area (Å²) in [5.74, 6) is -0.277. The number of hydrogen-bond donors (Lipinski definition) is 0. The van der Waals surface area contributed by atoms with E-state index < -0.39 is 11.4 Å². The smallest absolute Gasteiger partial charge is 0.144 e. The molecule has 0 aliphatic carbocycles. The van der Waals surface area contributed by atoms with E-state index in [1.807, 2.05) is 20.8 Å². The highest BCUT2D eigenvalue weighted by molar-refractivity contribution is 9.10. The highest BCUT2D eigenvalue weighted by atomic mass is 79.9. The third kappa shape index (κ3) is 4.77. The lowest BCUT2D eigenvalue weighted by Crippen LogP contribution is -2.25. The van der Waals surface area contributed by atoms with Gasteiger partial charge in [-0.2, -0.15) is 0 Å². The summed E-state index contributed by atoms with van der Waals surface area (Å²) in [5.41, 5.74) is 0.536. The van der Waals surface area contributed by atoms with Crippen LogP contribution in [0.3, 0.4) is 0 Å². The summed E-state index contributed by atoms with van der Waals surface area (Å²) in [6.45, 7) is 5.54. The third-order valence-electron chi connectivity index (χ3n) is 2.01. The standard InChI is InChI=1S/C12H15BrFNOS/c1-12(2,3)17(16)15-7-6-9-8-10(13)4-5-11(9)14/h4-5,7-8H,6H2,1-3H3/b15-7+/t17-/m1/s1. The minimum Gasteiger partial charge on any atom is -0.591 e. The van der Waals surface area contributed by atoms with Crippen molar-refractivity contribution in [3.63, 3.8) is 0 Å². The van der Waals surface area contributed by atoms with Crippen molar-refractivity contribution in [3.05, 3.63) is 34.1 Å². The Bertz CT molecular complexity index is 417. The molecule has 0 amide bonds. The van der Waals surface area contributed by atoms with Crippen LogP contribution in [0.15, 0.2) is 27.1 Å². The van der Waals surface area contributed by atoms with E-state index in [0.29, 0.717) is 12.0 Å². The summed E-state index contributed by atoms with van der Waals surface area (Å²) in [6.07, 6.45) is 1.85. The van der Waals surface area contributed by atoms with E-state index >= 15 is 0 Å². The normalized spacial score (nSPS) is 14.2. The van der Waals surface area contributed by atoms with Gasteiger partial charge in [-0.15, -0.1) is 0 Å². The van der Waals surface area contributed by atoms with E-state index in [4.69, 9.17) is 0 Å². The van der Waals surface area contributed by atoms with E-state index in [1.165, 1.54) is 12.3 Å². The maximum atomic E-state index is 13.4. The van der Waals surface area contributed by atoms with Crippen molar-refractivity contribution < 1.29 is 8.94 Å². The molecule has 0 spiro atoms. The van der Waals surface area contributed by atoms with Crippen molar-refractivity contribution in [1.29, 1.82) is 0 Å². The molecule has 0 fully saturated rings. The average Bonchev–Trinajstić information content (AvgIpc) is 2.21. The van der Waals surface area contributed by atoms with Crippen LogP contribution in [0.1, 0.15) is 26.3 Å². The monoisotopic (exact) mass is 319 g/mol. The topological polar surface area (TPSA) is 35.4 Å². The predicted molar refractivity (Wildman–Crippen MR) is 74.2 cm³/mol. The van der Waals surface area contributed by atoms with Crippen molar-refractivity contribution in [3.8, 4) is 0 Å². The van der Waals surface area contributed by atoms with Gasteiger partial charge in [-0.25, -0.2) is 4.39 Å². The molecule has 1 atom stereocenters. The fraction of sp³-hybridized carbons (Fsp3) is 0.417. The summed E-state index contributed by atoms with van der Waals surface area (Å²) in [7, 11) is 0. The molecule has 2 nitrogen and oxygen atoms in total. The molecule has 1 rings (SSSR count). The minimum absolute atomic E-state index is 0.277. The summed E-state index contributed by atoms with van der Waals surface area (Å²) >= 11 is 1.99. The molecule has 0 saturated heterocycles. The van der Waals surface area contributed by atoms with E-state index in [-0.39, 0.29) is 10.6 Å². The van der Waals surface area contributed by atoms with Gasteiger partial charge in [-0.3, -0.25) is 0 Å². The Morgan fingerprint density at radius 3 is 2.71 bits per heavy atom. The molecule has 0 aliphatic rings. The van der Waals surface area contributed by atoms with Crippen LogP contribution in [0.4, 0.5) is 4.39 Å². The molecule has 0 aromatic heterocycles. The highest BCUT2D eigenvalue weighted by Crippen LogP contribution is 2.18. The van der Waals surface area contributed by atoms with Crippen molar-refractivity contribution >= 4 is 33.5 Å². The maximum Gasteiger partial charge on any atom is 0.144 e. The largest absolute Gasteiger partial charge is 0.591 e. The second-order valence-electron chi connectivity index (χ2n) is 4.59. The number of nitrogens with zero attached hydrogens (tertiary/aromatic N) is 1. The first-order valence-corrected chi connectivity index (χ1v) is 7.09. The zero-order chi connectivity index (χ0) is 13.1. The zero-order valence-electron chi connectivity index (χ0n) is 10.0. The van der Waals surface area contributed by atoms with Crippen molar-refractivity contribution in [1.82, 2.24) is 0 Å². The Morgan fingerprint density at radius 2 is 2.12 bits per heavy atom. The summed E-state index contributed by atoms with van der Waals surface area (Å²) in [5, 5.41) is 0. The van der Waals surface area contributed by atoms with Crippen molar-refractivity contribution in [2.24, 2.45) is 4.40 Å². The van der Waals surface area contributed by atoms with Crippen LogP contribution in [-0.4, -0.2) is 15.5 Å². The van der Waals surface area contributed by atoms with Crippen LogP contribution < -0.4 is 0 Å². The molecule has 0 N–H and O–H groups in total. The molecule has 0 saturated carbocycles.